The van der Waals surface area contributed by atoms with Gasteiger partial charge in [0.15, 0.2) is 5.82 Å². The summed E-state index contributed by atoms with van der Waals surface area (Å²) in [7, 11) is 0. The second-order valence-corrected chi connectivity index (χ2v) is 11.8. The van der Waals surface area contributed by atoms with E-state index in [1.807, 2.05) is 48.5 Å². The van der Waals surface area contributed by atoms with Gasteiger partial charge < -0.3 is 15.2 Å². The topological polar surface area (TPSA) is 128 Å². The molecule has 11 heteroatoms. The number of rotatable bonds is 7. The molecule has 0 saturated heterocycles. The van der Waals surface area contributed by atoms with Gasteiger partial charge in [-0.3, -0.25) is 14.2 Å². The lowest BCUT2D eigenvalue weighted by Crippen LogP contribution is -2.41. The fourth-order valence-corrected chi connectivity index (χ4v) is 6.67. The Kier molecular flexibility index (Phi) is 7.43. The molecule has 1 aliphatic carbocycles. The fourth-order valence-electron chi connectivity index (χ4n) is 6.11. The molecule has 0 saturated carbocycles. The molecule has 0 bridgehead atoms. The third-order valence-corrected chi connectivity index (χ3v) is 8.73. The Morgan fingerprint density at radius 1 is 0.957 bits per heavy atom. The van der Waals surface area contributed by atoms with Crippen molar-refractivity contribution in [3.05, 3.63) is 133 Å². The molecule has 1 aromatic heterocycles. The van der Waals surface area contributed by atoms with Gasteiger partial charge in [-0.05, 0) is 58.5 Å². The molecule has 46 heavy (non-hydrogen) atoms. The molecule has 4 aromatic carbocycles. The van der Waals surface area contributed by atoms with E-state index in [9.17, 15) is 24.3 Å². The van der Waals surface area contributed by atoms with Crippen molar-refractivity contribution in [2.45, 2.75) is 18.4 Å². The highest BCUT2D eigenvalue weighted by molar-refractivity contribution is 6.38. The van der Waals surface area contributed by atoms with Crippen LogP contribution in [0.25, 0.3) is 33.8 Å². The first kappa shape index (κ1) is 29.5. The predicted octanol–water partition coefficient (Wildman–Crippen LogP) is 6.63. The number of carboxylic acid groups (broad SMARTS) is 1. The number of carbonyl (C=O) groups is 3. The third kappa shape index (κ3) is 5.03. The van der Waals surface area contributed by atoms with Crippen LogP contribution in [0.15, 0.2) is 89.7 Å². The average Bonchev–Trinajstić information content (AvgIpc) is 3.50. The number of hydrogen-bond donors (Lipinski definition) is 2. The van der Waals surface area contributed by atoms with Gasteiger partial charge in [0, 0.05) is 10.9 Å². The summed E-state index contributed by atoms with van der Waals surface area (Å²) in [5, 5.41) is 12.8. The highest BCUT2D eigenvalue weighted by Gasteiger charge is 2.32. The van der Waals surface area contributed by atoms with Crippen LogP contribution in [-0.2, 0) is 9.53 Å². The number of carbonyl (C=O) groups excluding carboxylic acids is 2. The summed E-state index contributed by atoms with van der Waals surface area (Å²) in [4.78, 5) is 55.6. The van der Waals surface area contributed by atoms with Crippen molar-refractivity contribution in [1.29, 1.82) is 0 Å². The Bertz CT molecular complexity index is 2160. The van der Waals surface area contributed by atoms with E-state index >= 15 is 0 Å². The van der Waals surface area contributed by atoms with Crippen LogP contribution in [-0.4, -0.2) is 45.2 Å². The second kappa shape index (κ2) is 11.6. The van der Waals surface area contributed by atoms with Crippen molar-refractivity contribution in [1.82, 2.24) is 14.9 Å². The van der Waals surface area contributed by atoms with Crippen LogP contribution < -0.4 is 10.9 Å². The highest BCUT2D eigenvalue weighted by Crippen LogP contribution is 2.44. The number of aliphatic carboxylic acids is 1. The Balaban J connectivity index is 1.04. The molecule has 2 N–H and O–H groups in total. The van der Waals surface area contributed by atoms with E-state index in [0.717, 1.165) is 22.3 Å². The molecule has 0 fully saturated rings. The number of benzene rings is 4. The number of hydrogen-bond acceptors (Lipinski definition) is 6. The molecule has 1 atom stereocenters. The number of aromatic nitrogens is 2. The molecule has 228 valence electrons. The SMILES string of the molecule is O=C(NC(C/C=C/c1ccc2c(c1)C(=O)c1nc3cc(Cl)cc(Cl)c3c(=O)n1-2)C(=O)O)OCC1c2ccccc2-c2ccccc21. The Morgan fingerprint density at radius 3 is 2.35 bits per heavy atom. The minimum Gasteiger partial charge on any atom is -0.480 e. The molecule has 0 radical (unpaired) electrons. The first-order valence-electron chi connectivity index (χ1n) is 14.3. The lowest BCUT2D eigenvalue weighted by Gasteiger charge is -2.16. The van der Waals surface area contributed by atoms with Gasteiger partial charge in [0.25, 0.3) is 5.56 Å². The standard InChI is InChI=1S/C35H23Cl2N3O6/c36-19-15-26(37)30-28(16-19)38-32-31(41)24-14-18(12-13-29(24)40(32)33(30)42)6-5-11-27(34(43)44)39-35(45)46-17-25-22-9-3-1-7-20(22)21-8-2-4-10-23(21)25/h1-10,12-16,25,27H,11,17H2,(H,39,45)(H,43,44)/b6-5+. The number of amides is 1. The summed E-state index contributed by atoms with van der Waals surface area (Å²) in [6.07, 6.45) is 2.33. The van der Waals surface area contributed by atoms with Crippen molar-refractivity contribution in [2.24, 2.45) is 0 Å². The summed E-state index contributed by atoms with van der Waals surface area (Å²) in [5.74, 6) is -1.88. The number of nitrogens with zero attached hydrogens (tertiary/aromatic N) is 2. The van der Waals surface area contributed by atoms with Crippen LogP contribution in [0, 0.1) is 0 Å². The smallest absolute Gasteiger partial charge is 0.407 e. The molecule has 1 aliphatic heterocycles. The maximum Gasteiger partial charge on any atom is 0.407 e. The van der Waals surface area contributed by atoms with Crippen molar-refractivity contribution in [3.63, 3.8) is 0 Å². The summed E-state index contributed by atoms with van der Waals surface area (Å²) in [6, 6.07) is 22.4. The molecule has 2 heterocycles. The zero-order chi connectivity index (χ0) is 32.1. The molecular weight excluding hydrogens is 629 g/mol. The van der Waals surface area contributed by atoms with Crippen molar-refractivity contribution in [2.75, 3.05) is 6.61 Å². The quantitative estimate of drug-likeness (QED) is 0.198. The fraction of sp³-hybridized carbons (Fsp3) is 0.114. The molecular formula is C35H23Cl2N3O6. The van der Waals surface area contributed by atoms with Crippen molar-refractivity contribution < 1.29 is 24.2 Å². The van der Waals surface area contributed by atoms with Crippen molar-refractivity contribution in [3.8, 4) is 16.8 Å². The van der Waals surface area contributed by atoms with Gasteiger partial charge in [0.2, 0.25) is 5.78 Å². The first-order valence-corrected chi connectivity index (χ1v) is 15.1. The minimum absolute atomic E-state index is 0.0452. The first-order chi connectivity index (χ1) is 22.2. The monoisotopic (exact) mass is 651 g/mol. The summed E-state index contributed by atoms with van der Waals surface area (Å²) >= 11 is 12.3. The van der Waals surface area contributed by atoms with Crippen LogP contribution in [0.1, 0.15) is 45.2 Å². The van der Waals surface area contributed by atoms with Crippen LogP contribution in [0.4, 0.5) is 4.79 Å². The van der Waals surface area contributed by atoms with Gasteiger partial charge >= 0.3 is 12.1 Å². The number of carboxylic acids is 1. The van der Waals surface area contributed by atoms with E-state index in [-0.39, 0.29) is 51.3 Å². The van der Waals surface area contributed by atoms with Gasteiger partial charge in [-0.15, -0.1) is 0 Å². The third-order valence-electron chi connectivity index (χ3n) is 8.21. The number of halogens is 2. The molecule has 0 spiro atoms. The largest absolute Gasteiger partial charge is 0.480 e. The van der Waals surface area contributed by atoms with Gasteiger partial charge in [-0.2, -0.15) is 0 Å². The zero-order valence-electron chi connectivity index (χ0n) is 23.9. The van der Waals surface area contributed by atoms with Gasteiger partial charge in [-0.1, -0.05) is 90.0 Å². The Labute approximate surface area is 271 Å². The zero-order valence-corrected chi connectivity index (χ0v) is 25.4. The second-order valence-electron chi connectivity index (χ2n) is 11.0. The Hall–Kier alpha value is -5.25. The average molecular weight is 652 g/mol. The van der Waals surface area contributed by atoms with Crippen LogP contribution >= 0.6 is 23.2 Å². The van der Waals surface area contributed by atoms with Gasteiger partial charge in [0.05, 0.1) is 27.2 Å². The maximum atomic E-state index is 13.3. The molecule has 5 aromatic rings. The lowest BCUT2D eigenvalue weighted by atomic mass is 9.98. The number of ketones is 1. The maximum absolute atomic E-state index is 13.3. The van der Waals surface area contributed by atoms with Crippen LogP contribution in [0.2, 0.25) is 10.0 Å². The number of fused-ring (bicyclic) bond motifs is 7. The van der Waals surface area contributed by atoms with E-state index < -0.39 is 29.4 Å². The summed E-state index contributed by atoms with van der Waals surface area (Å²) in [5.41, 5.74) is 5.22. The predicted molar refractivity (Wildman–Crippen MR) is 174 cm³/mol. The normalized spacial score (nSPS) is 13.7. The van der Waals surface area contributed by atoms with E-state index in [4.69, 9.17) is 27.9 Å². The molecule has 1 amide bonds. The van der Waals surface area contributed by atoms with Crippen LogP contribution in [0.3, 0.4) is 0 Å². The summed E-state index contributed by atoms with van der Waals surface area (Å²) < 4.78 is 6.73. The van der Waals surface area contributed by atoms with E-state index in [1.54, 1.807) is 30.4 Å². The molecule has 9 nitrogen and oxygen atoms in total. The van der Waals surface area contributed by atoms with E-state index in [2.05, 4.69) is 10.3 Å². The van der Waals surface area contributed by atoms with Gasteiger partial charge in [-0.25, -0.2) is 14.6 Å². The molecule has 1 unspecified atom stereocenters. The van der Waals surface area contributed by atoms with Crippen molar-refractivity contribution >= 4 is 58.0 Å². The minimum atomic E-state index is -1.25. The molecule has 2 aliphatic rings. The van der Waals surface area contributed by atoms with E-state index in [1.165, 1.54) is 16.7 Å². The number of alkyl carbamates (subject to hydrolysis) is 1. The van der Waals surface area contributed by atoms with Crippen LogP contribution in [0.5, 0.6) is 0 Å². The number of nitrogens with one attached hydrogen (secondary N) is 1. The van der Waals surface area contributed by atoms with E-state index in [0.29, 0.717) is 11.3 Å². The molecule has 7 rings (SSSR count). The Morgan fingerprint density at radius 2 is 1.65 bits per heavy atom. The number of ether oxygens (including phenoxy) is 1. The summed E-state index contributed by atoms with van der Waals surface area (Å²) in [6.45, 7) is 0.0559. The highest BCUT2D eigenvalue weighted by atomic mass is 35.5. The lowest BCUT2D eigenvalue weighted by molar-refractivity contribution is -0.139. The van der Waals surface area contributed by atoms with Gasteiger partial charge in [0.1, 0.15) is 12.6 Å².